The van der Waals surface area contributed by atoms with Gasteiger partial charge in [0.25, 0.3) is 0 Å². The third-order valence-corrected chi connectivity index (χ3v) is 4.14. The summed E-state index contributed by atoms with van der Waals surface area (Å²) >= 11 is 3.40. The van der Waals surface area contributed by atoms with Crippen molar-refractivity contribution in [2.75, 3.05) is 4.90 Å². The Morgan fingerprint density at radius 3 is 2.68 bits per heavy atom. The maximum Gasteiger partial charge on any atom is 0.225 e. The Morgan fingerprint density at radius 2 is 2.16 bits per heavy atom. The summed E-state index contributed by atoms with van der Waals surface area (Å²) in [6.45, 7) is 3.57. The van der Waals surface area contributed by atoms with Crippen molar-refractivity contribution in [1.82, 2.24) is 0 Å². The largest absolute Gasteiger partial charge is 0.369 e. The van der Waals surface area contributed by atoms with E-state index >= 15 is 0 Å². The Hall–Kier alpha value is -1.36. The van der Waals surface area contributed by atoms with E-state index in [0.29, 0.717) is 6.42 Å². The summed E-state index contributed by atoms with van der Waals surface area (Å²) in [7, 11) is 0. The van der Waals surface area contributed by atoms with E-state index in [4.69, 9.17) is 5.73 Å². The first-order chi connectivity index (χ1) is 8.95. The van der Waals surface area contributed by atoms with Gasteiger partial charge in [0.05, 0.1) is 5.92 Å². The van der Waals surface area contributed by atoms with E-state index in [9.17, 15) is 9.59 Å². The fraction of sp³-hybridized carbons (Fsp3) is 0.429. The van der Waals surface area contributed by atoms with Crippen LogP contribution in [0.4, 0.5) is 5.69 Å². The lowest BCUT2D eigenvalue weighted by Gasteiger charge is -2.39. The molecular formula is C14H17BrN2O2. The first-order valence-electron chi connectivity index (χ1n) is 6.34. The number of anilines is 1. The summed E-state index contributed by atoms with van der Waals surface area (Å²) in [5.41, 5.74) is 7.15. The van der Waals surface area contributed by atoms with Gasteiger partial charge in [-0.2, -0.15) is 0 Å². The molecule has 2 amide bonds. The van der Waals surface area contributed by atoms with Gasteiger partial charge >= 0.3 is 0 Å². The van der Waals surface area contributed by atoms with Gasteiger partial charge in [0.1, 0.15) is 0 Å². The van der Waals surface area contributed by atoms with Crippen LogP contribution in [0.15, 0.2) is 22.7 Å². The van der Waals surface area contributed by atoms with Gasteiger partial charge in [0.2, 0.25) is 11.8 Å². The lowest BCUT2D eigenvalue weighted by molar-refractivity contribution is -0.121. The van der Waals surface area contributed by atoms with E-state index in [2.05, 4.69) is 15.9 Å². The Balaban J connectivity index is 2.59. The molecular weight excluding hydrogens is 308 g/mol. The number of benzene rings is 1. The van der Waals surface area contributed by atoms with Crippen LogP contribution in [-0.4, -0.2) is 17.9 Å². The molecule has 102 valence electrons. The van der Waals surface area contributed by atoms with Gasteiger partial charge in [-0.05, 0) is 36.6 Å². The summed E-state index contributed by atoms with van der Waals surface area (Å²) in [6, 6.07) is 5.67. The number of amides is 2. The fourth-order valence-corrected chi connectivity index (χ4v) is 3.15. The number of nitrogens with two attached hydrogens (primary N) is 1. The monoisotopic (exact) mass is 324 g/mol. The first kappa shape index (κ1) is 14.1. The predicted molar refractivity (Wildman–Crippen MR) is 77.9 cm³/mol. The standard InChI is InChI=1S/C14H17BrN2O2/c1-3-10-7-12(14(16)19)11-6-9(15)4-5-13(11)17(10)8(2)18/h4-6,10,12H,3,7H2,1-2H3,(H2,16,19)/t10-,12+/m1/s1. The highest BCUT2D eigenvalue weighted by Crippen LogP contribution is 2.40. The SMILES string of the molecule is CC[C@@H]1C[C@H](C(N)=O)c2cc(Br)ccc2N1C(C)=O. The van der Waals surface area contributed by atoms with E-state index < -0.39 is 0 Å². The topological polar surface area (TPSA) is 63.4 Å². The number of carbonyl (C=O) groups is 2. The highest BCUT2D eigenvalue weighted by molar-refractivity contribution is 9.10. The lowest BCUT2D eigenvalue weighted by Crippen LogP contribution is -2.45. The van der Waals surface area contributed by atoms with E-state index in [1.807, 2.05) is 25.1 Å². The maximum atomic E-state index is 11.9. The number of hydrogen-bond acceptors (Lipinski definition) is 2. The number of nitrogens with zero attached hydrogens (tertiary/aromatic N) is 1. The molecule has 1 heterocycles. The molecule has 1 aromatic carbocycles. The quantitative estimate of drug-likeness (QED) is 0.908. The van der Waals surface area contributed by atoms with Crippen molar-refractivity contribution in [2.24, 2.45) is 5.73 Å². The highest BCUT2D eigenvalue weighted by atomic mass is 79.9. The Bertz CT molecular complexity index is 530. The third kappa shape index (κ3) is 2.52. The molecule has 5 heteroatoms. The Morgan fingerprint density at radius 1 is 1.47 bits per heavy atom. The van der Waals surface area contributed by atoms with Gasteiger partial charge in [0, 0.05) is 23.1 Å². The van der Waals surface area contributed by atoms with Crippen LogP contribution in [0.25, 0.3) is 0 Å². The molecule has 0 saturated heterocycles. The molecule has 2 N–H and O–H groups in total. The molecule has 4 nitrogen and oxygen atoms in total. The van der Waals surface area contributed by atoms with Gasteiger partial charge in [-0.1, -0.05) is 22.9 Å². The number of carbonyl (C=O) groups excluding carboxylic acids is 2. The van der Waals surface area contributed by atoms with Crippen molar-refractivity contribution in [1.29, 1.82) is 0 Å². The molecule has 2 rings (SSSR count). The minimum absolute atomic E-state index is 0.00153. The van der Waals surface area contributed by atoms with Crippen LogP contribution < -0.4 is 10.6 Å². The van der Waals surface area contributed by atoms with Crippen LogP contribution in [0.3, 0.4) is 0 Å². The van der Waals surface area contributed by atoms with Crippen LogP contribution in [0.2, 0.25) is 0 Å². The number of fused-ring (bicyclic) bond motifs is 1. The first-order valence-corrected chi connectivity index (χ1v) is 7.13. The van der Waals surface area contributed by atoms with Gasteiger partial charge in [-0.15, -0.1) is 0 Å². The van der Waals surface area contributed by atoms with Crippen LogP contribution in [0.5, 0.6) is 0 Å². The molecule has 19 heavy (non-hydrogen) atoms. The van der Waals surface area contributed by atoms with Gasteiger partial charge < -0.3 is 10.6 Å². The fourth-order valence-electron chi connectivity index (χ4n) is 2.77. The van der Waals surface area contributed by atoms with E-state index in [1.54, 1.807) is 11.8 Å². The second-order valence-electron chi connectivity index (χ2n) is 4.84. The van der Waals surface area contributed by atoms with Crippen molar-refractivity contribution in [3.63, 3.8) is 0 Å². The molecule has 0 aliphatic carbocycles. The number of halogens is 1. The normalized spacial score (nSPS) is 21.9. The molecule has 0 unspecified atom stereocenters. The lowest BCUT2D eigenvalue weighted by atomic mass is 9.84. The summed E-state index contributed by atoms with van der Waals surface area (Å²) in [5.74, 6) is -0.660. The van der Waals surface area contributed by atoms with E-state index in [1.165, 1.54) is 0 Å². The van der Waals surface area contributed by atoms with E-state index in [-0.39, 0.29) is 23.8 Å². The molecule has 0 aromatic heterocycles. The minimum Gasteiger partial charge on any atom is -0.369 e. The average molecular weight is 325 g/mol. The van der Waals surface area contributed by atoms with Crippen molar-refractivity contribution in [3.05, 3.63) is 28.2 Å². The van der Waals surface area contributed by atoms with Crippen LogP contribution in [0, 0.1) is 0 Å². The molecule has 0 fully saturated rings. The van der Waals surface area contributed by atoms with Crippen LogP contribution in [0.1, 0.15) is 38.2 Å². The predicted octanol–water partition coefficient (Wildman–Crippen LogP) is 2.55. The zero-order valence-corrected chi connectivity index (χ0v) is 12.6. The molecule has 1 aromatic rings. The van der Waals surface area contributed by atoms with Gasteiger partial charge in [-0.3, -0.25) is 9.59 Å². The Labute approximate surface area is 121 Å². The second-order valence-corrected chi connectivity index (χ2v) is 5.76. The van der Waals surface area contributed by atoms with Gasteiger partial charge in [0.15, 0.2) is 0 Å². The number of rotatable bonds is 2. The maximum absolute atomic E-state index is 11.9. The van der Waals surface area contributed by atoms with Gasteiger partial charge in [-0.25, -0.2) is 0 Å². The summed E-state index contributed by atoms with van der Waals surface area (Å²) < 4.78 is 0.885. The summed E-state index contributed by atoms with van der Waals surface area (Å²) in [6.07, 6.45) is 1.40. The summed E-state index contributed by atoms with van der Waals surface area (Å²) in [5, 5.41) is 0. The molecule has 0 saturated carbocycles. The highest BCUT2D eigenvalue weighted by Gasteiger charge is 2.36. The van der Waals surface area contributed by atoms with Crippen molar-refractivity contribution >= 4 is 33.4 Å². The molecule has 0 spiro atoms. The molecule has 0 radical (unpaired) electrons. The zero-order valence-electron chi connectivity index (χ0n) is 11.0. The second kappa shape index (κ2) is 5.33. The molecule has 0 bridgehead atoms. The van der Waals surface area contributed by atoms with E-state index in [0.717, 1.165) is 22.1 Å². The minimum atomic E-state index is -0.332. The van der Waals surface area contributed by atoms with Crippen molar-refractivity contribution < 1.29 is 9.59 Å². The molecule has 1 aliphatic heterocycles. The number of primary amides is 1. The average Bonchev–Trinajstić information content (AvgIpc) is 2.35. The van der Waals surface area contributed by atoms with Crippen molar-refractivity contribution in [2.45, 2.75) is 38.6 Å². The van der Waals surface area contributed by atoms with Crippen molar-refractivity contribution in [3.8, 4) is 0 Å². The third-order valence-electron chi connectivity index (χ3n) is 3.65. The van der Waals surface area contributed by atoms with Crippen LogP contribution in [-0.2, 0) is 9.59 Å². The zero-order chi connectivity index (χ0) is 14.2. The van der Waals surface area contributed by atoms with Crippen LogP contribution >= 0.6 is 15.9 Å². The number of hydrogen-bond donors (Lipinski definition) is 1. The molecule has 2 atom stereocenters. The smallest absolute Gasteiger partial charge is 0.225 e. The molecule has 1 aliphatic rings. The Kier molecular flexibility index (Phi) is 3.94. The summed E-state index contributed by atoms with van der Waals surface area (Å²) in [4.78, 5) is 25.3.